The maximum Gasteiger partial charge on any atom is 0.334 e. The Kier molecular flexibility index (Phi) is 12.8. The third kappa shape index (κ3) is 10.3. The summed E-state index contributed by atoms with van der Waals surface area (Å²) >= 11 is 0. The Balaban J connectivity index is 5.40. The summed E-state index contributed by atoms with van der Waals surface area (Å²) < 4.78 is 39.9. The molecule has 0 rings (SSSR count). The van der Waals surface area contributed by atoms with Gasteiger partial charge in [0.1, 0.15) is 0 Å². The maximum atomic E-state index is 14.1. The predicted molar refractivity (Wildman–Crippen MR) is 177 cm³/mol. The van der Waals surface area contributed by atoms with Crippen LogP contribution in [0.1, 0.15) is 124 Å². The second kappa shape index (κ2) is 12.6. The second-order valence-corrected chi connectivity index (χ2v) is 31.7. The molecule has 5 nitrogen and oxygen atoms in total. The molecule has 0 saturated heterocycles. The van der Waals surface area contributed by atoms with Crippen LogP contribution < -0.4 is 0 Å². The molecule has 0 aromatic heterocycles. The van der Waals surface area contributed by atoms with E-state index >= 15 is 0 Å². The van der Waals surface area contributed by atoms with Crippen molar-refractivity contribution in [1.82, 2.24) is 0 Å². The highest BCUT2D eigenvalue weighted by Gasteiger charge is 2.50. The van der Waals surface area contributed by atoms with Crippen molar-refractivity contribution in [2.45, 2.75) is 187 Å². The quantitative estimate of drug-likeness (QED) is 0.137. The van der Waals surface area contributed by atoms with Crippen LogP contribution in [-0.2, 0) is 23.1 Å². The van der Waals surface area contributed by atoms with Crippen molar-refractivity contribution in [3.8, 4) is 0 Å². The van der Waals surface area contributed by atoms with E-state index in [0.29, 0.717) is 26.1 Å². The standard InChI is InChI=1S/C31H69O5PSi2/c1-25(2)37(32,35-28(9,10)21-23-33-30(13,14)38(17,18)26(3,4)5)36-29(11,12)22-24-34-31(15,16)39(19,20)27(6,7)8/h25H,21-24H2,1-20H3. The topological polar surface area (TPSA) is 54.0 Å². The van der Waals surface area contributed by atoms with Crippen molar-refractivity contribution in [1.29, 1.82) is 0 Å². The molecule has 0 aliphatic rings. The molecule has 0 unspecified atom stereocenters. The molecule has 0 fully saturated rings. The molecule has 0 heterocycles. The van der Waals surface area contributed by atoms with Crippen molar-refractivity contribution < 1.29 is 23.1 Å². The van der Waals surface area contributed by atoms with Gasteiger partial charge in [0.05, 0.1) is 43.5 Å². The van der Waals surface area contributed by atoms with Gasteiger partial charge in [-0.05, 0) is 78.3 Å². The summed E-state index contributed by atoms with van der Waals surface area (Å²) in [6.07, 6.45) is 1.27. The Morgan fingerprint density at radius 1 is 0.564 bits per heavy atom. The highest BCUT2D eigenvalue weighted by molar-refractivity contribution is 7.54. The SMILES string of the molecule is CC(C)P(=O)(OC(C)(C)CCOC(C)(C)[Si](C)(C)C(C)(C)C)OC(C)(C)CCOC(C)(C)[Si](C)(C)C(C)(C)C. The lowest BCUT2D eigenvalue weighted by molar-refractivity contribution is -0.0297. The summed E-state index contributed by atoms with van der Waals surface area (Å²) in [6, 6.07) is 0. The van der Waals surface area contributed by atoms with Crippen molar-refractivity contribution in [2.24, 2.45) is 0 Å². The summed E-state index contributed by atoms with van der Waals surface area (Å²) in [6.45, 7) is 45.2. The number of rotatable bonds is 15. The summed E-state index contributed by atoms with van der Waals surface area (Å²) in [5, 5.41) is 0.0529. The molecule has 0 aromatic rings. The van der Waals surface area contributed by atoms with Gasteiger partial charge in [0.2, 0.25) is 0 Å². The Morgan fingerprint density at radius 3 is 1.03 bits per heavy atom. The zero-order chi connectivity index (χ0) is 31.7. The summed E-state index contributed by atoms with van der Waals surface area (Å²) in [5.74, 6) is 0. The van der Waals surface area contributed by atoms with Crippen molar-refractivity contribution in [3.05, 3.63) is 0 Å². The number of hydrogen-bond donors (Lipinski definition) is 0. The van der Waals surface area contributed by atoms with Crippen LogP contribution in [0.25, 0.3) is 0 Å². The van der Waals surface area contributed by atoms with Gasteiger partial charge in [0.25, 0.3) is 0 Å². The number of ether oxygens (including phenoxy) is 2. The largest absolute Gasteiger partial charge is 0.379 e. The molecule has 0 radical (unpaired) electrons. The molecule has 0 atom stereocenters. The molecule has 0 amide bonds. The van der Waals surface area contributed by atoms with Crippen LogP contribution >= 0.6 is 7.60 Å². The Morgan fingerprint density at radius 2 is 0.821 bits per heavy atom. The van der Waals surface area contributed by atoms with Crippen LogP contribution in [0.15, 0.2) is 0 Å². The molecule has 0 N–H and O–H groups in total. The van der Waals surface area contributed by atoms with Crippen molar-refractivity contribution in [2.75, 3.05) is 13.2 Å². The van der Waals surface area contributed by atoms with E-state index in [1.165, 1.54) is 0 Å². The molecule has 236 valence electrons. The van der Waals surface area contributed by atoms with Crippen LogP contribution in [0.4, 0.5) is 0 Å². The first kappa shape index (κ1) is 39.5. The third-order valence-corrected chi connectivity index (χ3v) is 27.0. The zero-order valence-electron chi connectivity index (χ0n) is 29.9. The molecule has 0 spiro atoms. The molecule has 0 aliphatic carbocycles. The minimum absolute atomic E-state index is 0.195. The van der Waals surface area contributed by atoms with Crippen LogP contribution in [0.3, 0.4) is 0 Å². The fourth-order valence-electron chi connectivity index (χ4n) is 4.28. The average Bonchev–Trinajstić information content (AvgIpc) is 2.63. The fourth-order valence-corrected chi connectivity index (χ4v) is 10.8. The van der Waals surface area contributed by atoms with Crippen molar-refractivity contribution in [3.63, 3.8) is 0 Å². The summed E-state index contributed by atoms with van der Waals surface area (Å²) in [7, 11) is -6.86. The molecule has 8 heteroatoms. The van der Waals surface area contributed by atoms with Gasteiger partial charge in [-0.25, -0.2) is 0 Å². The average molecular weight is 609 g/mol. The lowest BCUT2D eigenvalue weighted by Gasteiger charge is -2.49. The van der Waals surface area contributed by atoms with E-state index in [1.54, 1.807) is 0 Å². The van der Waals surface area contributed by atoms with Crippen LogP contribution in [0.2, 0.25) is 36.3 Å². The van der Waals surface area contributed by atoms with Crippen LogP contribution in [0, 0.1) is 0 Å². The second-order valence-electron chi connectivity index (χ2n) is 17.3. The Hall–Kier alpha value is 0.504. The van der Waals surface area contributed by atoms with Gasteiger partial charge in [0.15, 0.2) is 0 Å². The normalized spacial score (nSPS) is 15.8. The van der Waals surface area contributed by atoms with Gasteiger partial charge in [-0.15, -0.1) is 0 Å². The lowest BCUT2D eigenvalue weighted by atomic mass is 10.1. The first-order chi connectivity index (χ1) is 16.8. The van der Waals surface area contributed by atoms with E-state index in [1.807, 2.05) is 41.5 Å². The number of hydrogen-bond acceptors (Lipinski definition) is 5. The summed E-state index contributed by atoms with van der Waals surface area (Å²) in [4.78, 5) is 0. The molecule has 0 bridgehead atoms. The molecule has 39 heavy (non-hydrogen) atoms. The van der Waals surface area contributed by atoms with Gasteiger partial charge in [0, 0.05) is 13.2 Å². The maximum absolute atomic E-state index is 14.1. The Bertz CT molecular complexity index is 769. The van der Waals surface area contributed by atoms with Gasteiger partial charge in [-0.2, -0.15) is 0 Å². The van der Waals surface area contributed by atoms with Crippen LogP contribution in [-0.4, -0.2) is 56.7 Å². The summed E-state index contributed by atoms with van der Waals surface area (Å²) in [5.41, 5.74) is -1.56. The van der Waals surface area contributed by atoms with Gasteiger partial charge in [-0.1, -0.05) is 81.6 Å². The van der Waals surface area contributed by atoms with E-state index in [0.717, 1.165) is 0 Å². The highest BCUT2D eigenvalue weighted by Crippen LogP contribution is 2.59. The monoisotopic (exact) mass is 608 g/mol. The third-order valence-electron chi connectivity index (χ3n) is 10.5. The lowest BCUT2D eigenvalue weighted by Crippen LogP contribution is -2.58. The molecule has 0 aliphatic heterocycles. The van der Waals surface area contributed by atoms with E-state index in [2.05, 4.69) is 95.4 Å². The van der Waals surface area contributed by atoms with E-state index in [9.17, 15) is 4.57 Å². The molecule has 0 aromatic carbocycles. The predicted octanol–water partition coefficient (Wildman–Crippen LogP) is 10.6. The van der Waals surface area contributed by atoms with Gasteiger partial charge < -0.3 is 18.5 Å². The van der Waals surface area contributed by atoms with E-state index in [-0.39, 0.29) is 26.2 Å². The van der Waals surface area contributed by atoms with Gasteiger partial charge >= 0.3 is 7.60 Å². The molecular weight excluding hydrogens is 539 g/mol. The first-order valence-corrected chi connectivity index (χ1v) is 22.7. The minimum atomic E-state index is -3.41. The fraction of sp³-hybridized carbons (Fsp3) is 1.00. The Labute approximate surface area is 246 Å². The minimum Gasteiger partial charge on any atom is -0.379 e. The van der Waals surface area contributed by atoms with E-state index < -0.39 is 34.9 Å². The van der Waals surface area contributed by atoms with Gasteiger partial charge in [-0.3, -0.25) is 4.57 Å². The highest BCUT2D eigenvalue weighted by atomic mass is 31.2. The van der Waals surface area contributed by atoms with Crippen molar-refractivity contribution >= 4 is 23.7 Å². The molecular formula is C31H69O5PSi2. The van der Waals surface area contributed by atoms with E-state index in [4.69, 9.17) is 18.5 Å². The smallest absolute Gasteiger partial charge is 0.334 e. The zero-order valence-corrected chi connectivity index (χ0v) is 32.8. The molecule has 0 saturated carbocycles. The van der Waals surface area contributed by atoms with Crippen LogP contribution in [0.5, 0.6) is 0 Å². The first-order valence-electron chi connectivity index (χ1n) is 15.1.